The van der Waals surface area contributed by atoms with Gasteiger partial charge in [-0.3, -0.25) is 9.78 Å². The van der Waals surface area contributed by atoms with E-state index in [9.17, 15) is 4.79 Å². The molecule has 0 unspecified atom stereocenters. The fourth-order valence-corrected chi connectivity index (χ4v) is 5.93. The number of benzene rings is 2. The second-order valence-corrected chi connectivity index (χ2v) is 18.3. The molecule has 0 spiro atoms. The van der Waals surface area contributed by atoms with Crippen molar-refractivity contribution in [2.45, 2.75) is 58.3 Å². The SMILES string of the molecule is CC(C)(CO[Si](C)(C)C(C)(C)C)n1cc(C(=O)c2cncc(N=C(c3ccccc3)c3ccccc3)c2)c2cnc(Cl)nc21. The van der Waals surface area contributed by atoms with Crippen LogP contribution < -0.4 is 0 Å². The zero-order valence-corrected chi connectivity index (χ0v) is 28.1. The average molecular weight is 624 g/mol. The number of aliphatic imine (C=N–C) groups is 1. The van der Waals surface area contributed by atoms with Crippen molar-refractivity contribution in [3.8, 4) is 0 Å². The Kier molecular flexibility index (Phi) is 8.71. The van der Waals surface area contributed by atoms with E-state index in [0.717, 1.165) is 16.8 Å². The van der Waals surface area contributed by atoms with Crippen LogP contribution in [0.25, 0.3) is 11.0 Å². The van der Waals surface area contributed by atoms with Crippen LogP contribution in [0.15, 0.2) is 96.5 Å². The van der Waals surface area contributed by atoms with Crippen LogP contribution in [0.4, 0.5) is 5.69 Å². The number of halogens is 1. The summed E-state index contributed by atoms with van der Waals surface area (Å²) in [6.07, 6.45) is 6.67. The molecule has 7 nitrogen and oxygen atoms in total. The summed E-state index contributed by atoms with van der Waals surface area (Å²) < 4.78 is 8.59. The molecule has 0 fully saturated rings. The lowest BCUT2D eigenvalue weighted by Gasteiger charge is -2.39. The predicted octanol–water partition coefficient (Wildman–Crippen LogP) is 8.64. The minimum atomic E-state index is -2.02. The van der Waals surface area contributed by atoms with Crippen molar-refractivity contribution < 1.29 is 9.22 Å². The standard InChI is InChI=1S/C35H38ClN5O2Si/c1-34(2,3)44(6,7)43-23-35(4,5)41-22-29(28-21-38-33(36)40-32(28)41)31(42)26-18-27(20-37-19-26)39-30(24-14-10-8-11-15-24)25-16-12-9-13-17-25/h8-22H,23H2,1-7H3. The molecule has 0 saturated carbocycles. The number of hydrogen-bond acceptors (Lipinski definition) is 6. The van der Waals surface area contributed by atoms with E-state index in [1.165, 1.54) is 0 Å². The van der Waals surface area contributed by atoms with Gasteiger partial charge >= 0.3 is 0 Å². The van der Waals surface area contributed by atoms with Crippen molar-refractivity contribution in [2.75, 3.05) is 6.61 Å². The summed E-state index contributed by atoms with van der Waals surface area (Å²) in [6.45, 7) is 15.7. The second-order valence-electron chi connectivity index (χ2n) is 13.1. The summed E-state index contributed by atoms with van der Waals surface area (Å²) >= 11 is 6.26. The van der Waals surface area contributed by atoms with Gasteiger partial charge in [0, 0.05) is 40.7 Å². The van der Waals surface area contributed by atoms with Gasteiger partial charge in [0.2, 0.25) is 5.28 Å². The first kappa shape index (κ1) is 31.4. The third-order valence-corrected chi connectivity index (χ3v) is 13.0. The maximum atomic E-state index is 14.1. The fraction of sp³-hybridized carbons (Fsp3) is 0.286. The van der Waals surface area contributed by atoms with E-state index in [0.29, 0.717) is 34.5 Å². The zero-order valence-electron chi connectivity index (χ0n) is 26.3. The summed E-state index contributed by atoms with van der Waals surface area (Å²) in [7, 11) is -2.02. The Bertz CT molecular complexity index is 1790. The van der Waals surface area contributed by atoms with Gasteiger partial charge < -0.3 is 8.99 Å². The van der Waals surface area contributed by atoms with Crippen LogP contribution in [0.3, 0.4) is 0 Å². The van der Waals surface area contributed by atoms with E-state index in [4.69, 9.17) is 21.0 Å². The van der Waals surface area contributed by atoms with Crippen LogP contribution in [0.2, 0.25) is 23.4 Å². The molecule has 5 rings (SSSR count). The molecule has 0 N–H and O–H groups in total. The molecule has 0 bridgehead atoms. The molecule has 44 heavy (non-hydrogen) atoms. The quantitative estimate of drug-likeness (QED) is 0.0710. The summed E-state index contributed by atoms with van der Waals surface area (Å²) in [5.41, 5.74) is 4.24. The maximum Gasteiger partial charge on any atom is 0.224 e. The second kappa shape index (κ2) is 12.2. The monoisotopic (exact) mass is 623 g/mol. The summed E-state index contributed by atoms with van der Waals surface area (Å²) in [6, 6.07) is 21.7. The molecular formula is C35H38ClN5O2Si. The Morgan fingerprint density at radius 3 is 2.11 bits per heavy atom. The minimum absolute atomic E-state index is 0.0653. The van der Waals surface area contributed by atoms with E-state index in [2.05, 4.69) is 62.7 Å². The summed E-state index contributed by atoms with van der Waals surface area (Å²) in [4.78, 5) is 32.2. The molecule has 3 aromatic heterocycles. The first-order valence-electron chi connectivity index (χ1n) is 14.6. The Morgan fingerprint density at radius 2 is 1.52 bits per heavy atom. The highest BCUT2D eigenvalue weighted by molar-refractivity contribution is 6.74. The average Bonchev–Trinajstić information content (AvgIpc) is 3.38. The first-order chi connectivity index (χ1) is 20.8. The molecule has 9 heteroatoms. The lowest BCUT2D eigenvalue weighted by atomic mass is 10.0. The van der Waals surface area contributed by atoms with Crippen LogP contribution in [0.5, 0.6) is 0 Å². The van der Waals surface area contributed by atoms with Crippen molar-refractivity contribution in [3.63, 3.8) is 0 Å². The van der Waals surface area contributed by atoms with Crippen LogP contribution in [-0.2, 0) is 9.96 Å². The van der Waals surface area contributed by atoms with Gasteiger partial charge in [0.1, 0.15) is 5.65 Å². The fourth-order valence-electron chi connectivity index (χ4n) is 4.66. The van der Waals surface area contributed by atoms with Crippen LogP contribution in [-0.4, -0.2) is 45.9 Å². The molecule has 2 aromatic carbocycles. The lowest BCUT2D eigenvalue weighted by molar-refractivity contribution is 0.103. The van der Waals surface area contributed by atoms with Gasteiger partial charge in [-0.25, -0.2) is 9.98 Å². The molecule has 0 amide bonds. The Labute approximate surface area is 265 Å². The molecule has 0 aliphatic heterocycles. The Hall–Kier alpha value is -3.98. The smallest absolute Gasteiger partial charge is 0.224 e. The van der Waals surface area contributed by atoms with Crippen molar-refractivity contribution in [1.82, 2.24) is 19.5 Å². The normalized spacial score (nSPS) is 12.4. The van der Waals surface area contributed by atoms with E-state index < -0.39 is 13.9 Å². The zero-order chi connectivity index (χ0) is 31.7. The Balaban J connectivity index is 1.54. The number of carbonyl (C=O) groups is 1. The molecule has 0 saturated heterocycles. The van der Waals surface area contributed by atoms with Gasteiger partial charge in [-0.15, -0.1) is 0 Å². The number of rotatable bonds is 9. The van der Waals surface area contributed by atoms with Gasteiger partial charge in [0.05, 0.1) is 35.3 Å². The molecule has 0 atom stereocenters. The van der Waals surface area contributed by atoms with Crippen molar-refractivity contribution in [1.29, 1.82) is 0 Å². The number of fused-ring (bicyclic) bond motifs is 1. The number of carbonyl (C=O) groups excluding carboxylic acids is 1. The first-order valence-corrected chi connectivity index (χ1v) is 17.9. The van der Waals surface area contributed by atoms with Crippen LogP contribution >= 0.6 is 11.6 Å². The minimum Gasteiger partial charge on any atom is -0.414 e. The van der Waals surface area contributed by atoms with Gasteiger partial charge in [-0.1, -0.05) is 81.4 Å². The highest BCUT2D eigenvalue weighted by Crippen LogP contribution is 2.38. The third-order valence-electron chi connectivity index (χ3n) is 8.33. The molecule has 0 aliphatic carbocycles. The highest BCUT2D eigenvalue weighted by atomic mass is 35.5. The maximum absolute atomic E-state index is 14.1. The summed E-state index contributed by atoms with van der Waals surface area (Å²) in [5.74, 6) is -0.202. The van der Waals surface area contributed by atoms with Crippen molar-refractivity contribution in [3.05, 3.63) is 119 Å². The van der Waals surface area contributed by atoms with E-state index in [1.54, 1.807) is 24.7 Å². The number of ketones is 1. The predicted molar refractivity (Wildman–Crippen MR) is 181 cm³/mol. The molecule has 226 valence electrons. The van der Waals surface area contributed by atoms with Gasteiger partial charge in [-0.05, 0) is 49.6 Å². The van der Waals surface area contributed by atoms with Crippen LogP contribution in [0, 0.1) is 0 Å². The molecule has 0 radical (unpaired) electrons. The molecule has 5 aromatic rings. The number of pyridine rings is 1. The van der Waals surface area contributed by atoms with E-state index in [-0.39, 0.29) is 16.1 Å². The van der Waals surface area contributed by atoms with Crippen molar-refractivity contribution >= 4 is 48.1 Å². The Morgan fingerprint density at radius 1 is 0.909 bits per heavy atom. The highest BCUT2D eigenvalue weighted by Gasteiger charge is 2.39. The number of hydrogen-bond donors (Lipinski definition) is 0. The molecule has 0 aliphatic rings. The molecular weight excluding hydrogens is 586 g/mol. The third kappa shape index (κ3) is 6.57. The van der Waals surface area contributed by atoms with E-state index >= 15 is 0 Å². The van der Waals surface area contributed by atoms with Gasteiger partial charge in [0.25, 0.3) is 0 Å². The summed E-state index contributed by atoms with van der Waals surface area (Å²) in [5, 5.41) is 0.794. The van der Waals surface area contributed by atoms with Crippen LogP contribution in [0.1, 0.15) is 61.7 Å². The number of nitrogens with zero attached hydrogens (tertiary/aromatic N) is 5. The largest absolute Gasteiger partial charge is 0.414 e. The molecule has 3 heterocycles. The van der Waals surface area contributed by atoms with Gasteiger partial charge in [-0.2, -0.15) is 4.98 Å². The lowest BCUT2D eigenvalue weighted by Crippen LogP contribution is -2.45. The topological polar surface area (TPSA) is 82.3 Å². The number of aromatic nitrogens is 4. The van der Waals surface area contributed by atoms with Gasteiger partial charge in [0.15, 0.2) is 14.1 Å². The van der Waals surface area contributed by atoms with E-state index in [1.807, 2.05) is 71.4 Å². The van der Waals surface area contributed by atoms with Crippen molar-refractivity contribution in [2.24, 2.45) is 4.99 Å².